The number of methoxy groups -OCH3 is 1. The molecule has 0 spiro atoms. The minimum atomic E-state index is -0.567. The van der Waals surface area contributed by atoms with Crippen molar-refractivity contribution in [3.05, 3.63) is 35.9 Å². The molecule has 1 saturated heterocycles. The fourth-order valence-corrected chi connectivity index (χ4v) is 3.47. The van der Waals surface area contributed by atoms with Crippen LogP contribution in [0.15, 0.2) is 30.3 Å². The second-order valence-corrected chi connectivity index (χ2v) is 5.94. The molecule has 1 aliphatic carbocycles. The third-order valence-corrected chi connectivity index (χ3v) is 4.67. The maximum absolute atomic E-state index is 11.3. The zero-order valence-electron chi connectivity index (χ0n) is 11.8. The Morgan fingerprint density at radius 2 is 2.20 bits per heavy atom. The first kappa shape index (κ1) is 13.6. The van der Waals surface area contributed by atoms with Gasteiger partial charge in [0.15, 0.2) is 0 Å². The van der Waals surface area contributed by atoms with Gasteiger partial charge in [0, 0.05) is 31.5 Å². The van der Waals surface area contributed by atoms with Gasteiger partial charge in [0.05, 0.1) is 12.7 Å². The SMILES string of the molecule is COC(=O)CC[C@@H]1N(Cc2ccccc2)CC2CC21O. The van der Waals surface area contributed by atoms with Gasteiger partial charge in [-0.1, -0.05) is 30.3 Å². The van der Waals surface area contributed by atoms with Gasteiger partial charge < -0.3 is 9.84 Å². The lowest BCUT2D eigenvalue weighted by Gasteiger charge is -2.29. The predicted molar refractivity (Wildman–Crippen MR) is 74.9 cm³/mol. The van der Waals surface area contributed by atoms with E-state index in [0.717, 1.165) is 19.5 Å². The summed E-state index contributed by atoms with van der Waals surface area (Å²) in [5.41, 5.74) is 0.684. The molecule has 1 saturated carbocycles. The molecule has 0 aromatic heterocycles. The van der Waals surface area contributed by atoms with Crippen molar-refractivity contribution in [1.29, 1.82) is 0 Å². The smallest absolute Gasteiger partial charge is 0.305 e. The molecule has 1 aromatic rings. The molecule has 0 bridgehead atoms. The van der Waals surface area contributed by atoms with Crippen molar-refractivity contribution in [2.75, 3.05) is 13.7 Å². The number of fused-ring (bicyclic) bond motifs is 1. The first-order valence-electron chi connectivity index (χ1n) is 7.20. The highest BCUT2D eigenvalue weighted by molar-refractivity contribution is 5.69. The number of hydrogen-bond donors (Lipinski definition) is 1. The Bertz CT molecular complexity index is 490. The fraction of sp³-hybridized carbons (Fsp3) is 0.562. The number of piperidine rings is 1. The molecule has 3 atom stereocenters. The number of aliphatic hydroxyl groups is 1. The number of esters is 1. The van der Waals surface area contributed by atoms with E-state index in [0.29, 0.717) is 18.8 Å². The molecule has 1 aliphatic heterocycles. The number of ether oxygens (including phenoxy) is 1. The molecule has 4 nitrogen and oxygen atoms in total. The molecule has 1 aromatic carbocycles. The van der Waals surface area contributed by atoms with Crippen LogP contribution in [0, 0.1) is 5.92 Å². The minimum Gasteiger partial charge on any atom is -0.469 e. The lowest BCUT2D eigenvalue weighted by molar-refractivity contribution is -0.141. The van der Waals surface area contributed by atoms with Crippen molar-refractivity contribution >= 4 is 5.97 Å². The van der Waals surface area contributed by atoms with Gasteiger partial charge in [-0.2, -0.15) is 0 Å². The number of nitrogens with zero attached hydrogens (tertiary/aromatic N) is 1. The van der Waals surface area contributed by atoms with E-state index in [1.165, 1.54) is 12.7 Å². The number of benzene rings is 1. The van der Waals surface area contributed by atoms with Crippen molar-refractivity contribution < 1.29 is 14.6 Å². The summed E-state index contributed by atoms with van der Waals surface area (Å²) < 4.78 is 4.71. The second kappa shape index (κ2) is 5.19. The summed E-state index contributed by atoms with van der Waals surface area (Å²) >= 11 is 0. The molecule has 2 unspecified atom stereocenters. The molecule has 0 amide bonds. The van der Waals surface area contributed by atoms with Gasteiger partial charge in [0.1, 0.15) is 0 Å². The first-order valence-corrected chi connectivity index (χ1v) is 7.20. The van der Waals surface area contributed by atoms with Crippen LogP contribution >= 0.6 is 0 Å². The Balaban J connectivity index is 1.66. The summed E-state index contributed by atoms with van der Waals surface area (Å²) in [7, 11) is 1.41. The lowest BCUT2D eigenvalue weighted by atomic mass is 10.0. The highest BCUT2D eigenvalue weighted by Crippen LogP contribution is 2.55. The van der Waals surface area contributed by atoms with Crippen molar-refractivity contribution in [3.8, 4) is 0 Å². The first-order chi connectivity index (χ1) is 9.63. The number of likely N-dealkylation sites (tertiary alicyclic amines) is 1. The van der Waals surface area contributed by atoms with Gasteiger partial charge >= 0.3 is 5.97 Å². The van der Waals surface area contributed by atoms with E-state index in [4.69, 9.17) is 4.74 Å². The normalized spacial score (nSPS) is 31.9. The van der Waals surface area contributed by atoms with Crippen LogP contribution in [0.3, 0.4) is 0 Å². The zero-order chi connectivity index (χ0) is 14.2. The third kappa shape index (κ3) is 2.45. The van der Waals surface area contributed by atoms with E-state index >= 15 is 0 Å². The molecule has 20 heavy (non-hydrogen) atoms. The average molecular weight is 275 g/mol. The van der Waals surface area contributed by atoms with Gasteiger partial charge in [-0.3, -0.25) is 9.69 Å². The van der Waals surface area contributed by atoms with Crippen LogP contribution in [-0.2, 0) is 16.1 Å². The third-order valence-electron chi connectivity index (χ3n) is 4.67. The van der Waals surface area contributed by atoms with Crippen molar-refractivity contribution in [2.24, 2.45) is 5.92 Å². The monoisotopic (exact) mass is 275 g/mol. The predicted octanol–water partition coefficient (Wildman–Crippen LogP) is 1.57. The van der Waals surface area contributed by atoms with Crippen molar-refractivity contribution in [2.45, 2.75) is 37.5 Å². The second-order valence-electron chi connectivity index (χ2n) is 5.94. The summed E-state index contributed by atoms with van der Waals surface area (Å²) in [6.45, 7) is 1.77. The van der Waals surface area contributed by atoms with Gasteiger partial charge in [0.25, 0.3) is 0 Å². The van der Waals surface area contributed by atoms with E-state index in [1.54, 1.807) is 0 Å². The molecule has 108 valence electrons. The average Bonchev–Trinajstić information content (AvgIpc) is 3.03. The Morgan fingerprint density at radius 3 is 2.90 bits per heavy atom. The summed E-state index contributed by atoms with van der Waals surface area (Å²) in [5, 5.41) is 10.6. The van der Waals surface area contributed by atoms with Crippen LogP contribution < -0.4 is 0 Å². The van der Waals surface area contributed by atoms with Gasteiger partial charge in [-0.15, -0.1) is 0 Å². The Hall–Kier alpha value is -1.39. The highest BCUT2D eigenvalue weighted by atomic mass is 16.5. The largest absolute Gasteiger partial charge is 0.469 e. The molecule has 2 fully saturated rings. The van der Waals surface area contributed by atoms with Crippen LogP contribution in [0.4, 0.5) is 0 Å². The summed E-state index contributed by atoms with van der Waals surface area (Å²) in [6, 6.07) is 10.4. The molecule has 1 heterocycles. The maximum Gasteiger partial charge on any atom is 0.305 e. The summed E-state index contributed by atoms with van der Waals surface area (Å²) in [6.07, 6.45) is 1.93. The Morgan fingerprint density at radius 1 is 1.45 bits per heavy atom. The molecule has 0 radical (unpaired) electrons. The standard InChI is InChI=1S/C16H21NO3/c1-20-15(18)8-7-14-16(19)9-13(16)11-17(14)10-12-5-3-2-4-6-12/h2-6,13-14,19H,7-11H2,1H3/t13?,14-,16?/m0/s1. The zero-order valence-corrected chi connectivity index (χ0v) is 11.8. The molecular weight excluding hydrogens is 254 g/mol. The van der Waals surface area contributed by atoms with Gasteiger partial charge in [0.2, 0.25) is 0 Å². The van der Waals surface area contributed by atoms with E-state index in [-0.39, 0.29) is 12.0 Å². The summed E-state index contributed by atoms with van der Waals surface area (Å²) in [5.74, 6) is 0.186. The Kier molecular flexibility index (Phi) is 3.52. The van der Waals surface area contributed by atoms with Crippen LogP contribution in [0.1, 0.15) is 24.8 Å². The topological polar surface area (TPSA) is 49.8 Å². The van der Waals surface area contributed by atoms with Gasteiger partial charge in [-0.25, -0.2) is 0 Å². The number of carbonyl (C=O) groups excluding carboxylic acids is 1. The number of carbonyl (C=O) groups is 1. The van der Waals surface area contributed by atoms with Gasteiger partial charge in [-0.05, 0) is 18.4 Å². The maximum atomic E-state index is 11.3. The van der Waals surface area contributed by atoms with E-state index < -0.39 is 5.60 Å². The quantitative estimate of drug-likeness (QED) is 0.829. The van der Waals surface area contributed by atoms with E-state index in [2.05, 4.69) is 17.0 Å². The fourth-order valence-electron chi connectivity index (χ4n) is 3.47. The van der Waals surface area contributed by atoms with Crippen LogP contribution in [-0.4, -0.2) is 41.3 Å². The molecule has 1 N–H and O–H groups in total. The highest BCUT2D eigenvalue weighted by Gasteiger charge is 2.64. The lowest BCUT2D eigenvalue weighted by Crippen LogP contribution is -2.39. The summed E-state index contributed by atoms with van der Waals surface area (Å²) in [4.78, 5) is 13.6. The number of hydrogen-bond acceptors (Lipinski definition) is 4. The van der Waals surface area contributed by atoms with Crippen LogP contribution in [0.2, 0.25) is 0 Å². The minimum absolute atomic E-state index is 0.0757. The molecular formula is C16H21NO3. The molecule has 3 rings (SSSR count). The Labute approximate surface area is 119 Å². The number of rotatable bonds is 5. The van der Waals surface area contributed by atoms with E-state index in [9.17, 15) is 9.90 Å². The van der Waals surface area contributed by atoms with Crippen LogP contribution in [0.25, 0.3) is 0 Å². The van der Waals surface area contributed by atoms with Crippen LogP contribution in [0.5, 0.6) is 0 Å². The van der Waals surface area contributed by atoms with Crippen molar-refractivity contribution in [1.82, 2.24) is 4.90 Å². The molecule has 4 heteroatoms. The van der Waals surface area contributed by atoms with E-state index in [1.807, 2.05) is 18.2 Å². The van der Waals surface area contributed by atoms with Crippen molar-refractivity contribution in [3.63, 3.8) is 0 Å². The molecule has 2 aliphatic rings.